The van der Waals surface area contributed by atoms with Crippen LogP contribution in [0.1, 0.15) is 55.9 Å². The molecule has 3 aliphatic carbocycles. The summed E-state index contributed by atoms with van der Waals surface area (Å²) < 4.78 is 0. The Bertz CT molecular complexity index is 1600. The van der Waals surface area contributed by atoms with E-state index in [2.05, 4.69) is 11.9 Å². The maximum Gasteiger partial charge on any atom is 0.255 e. The number of phenolic OH excluding ortho intramolecular Hbond substituents is 1. The molecule has 0 spiro atoms. The number of likely N-dealkylation sites (N-methyl/N-ethyl adjacent to an activating group) is 1. The first-order valence-corrected chi connectivity index (χ1v) is 14.6. The lowest BCUT2D eigenvalue weighted by Crippen LogP contribution is -2.65. The van der Waals surface area contributed by atoms with Gasteiger partial charge in [0.15, 0.2) is 11.4 Å². The number of Topliss-reactive ketones (excluding diaryl/α,β-unsaturated/α-hetero) is 2. The lowest BCUT2D eigenvalue weighted by atomic mass is 9.57. The van der Waals surface area contributed by atoms with Crippen LogP contribution < -0.4 is 5.73 Å². The molecule has 228 valence electrons. The molecule has 0 bridgehead atoms. The van der Waals surface area contributed by atoms with E-state index in [1.54, 1.807) is 20.3 Å². The largest absolute Gasteiger partial charge is 0.508 e. The summed E-state index contributed by atoms with van der Waals surface area (Å²) in [5.41, 5.74) is 5.97. The highest BCUT2D eigenvalue weighted by atomic mass is 16.3. The van der Waals surface area contributed by atoms with Crippen molar-refractivity contribution in [3.63, 3.8) is 0 Å². The monoisotopic (exact) mass is 589 g/mol. The number of phenols is 1. The minimum atomic E-state index is -2.67. The molecule has 43 heavy (non-hydrogen) atoms. The molecule has 0 saturated heterocycles. The normalized spacial score (nSPS) is 27.7. The van der Waals surface area contributed by atoms with Crippen molar-refractivity contribution < 1.29 is 34.8 Å². The molecule has 5 rings (SSSR count). The van der Waals surface area contributed by atoms with Crippen LogP contribution in [0.3, 0.4) is 0 Å². The van der Waals surface area contributed by atoms with Gasteiger partial charge in [-0.05, 0) is 93.8 Å². The van der Waals surface area contributed by atoms with Gasteiger partial charge in [-0.2, -0.15) is 0 Å². The Morgan fingerprint density at radius 1 is 1.26 bits per heavy atom. The number of hydrogen-bond donors (Lipinski definition) is 5. The quantitative estimate of drug-likeness (QED) is 0.238. The number of rotatable bonds is 7. The Labute approximate surface area is 250 Å². The van der Waals surface area contributed by atoms with Gasteiger partial charge in [0.05, 0.1) is 18.2 Å². The first-order valence-electron chi connectivity index (χ1n) is 14.6. The second kappa shape index (κ2) is 10.9. The number of allylic oxidation sites excluding steroid dienone is 3. The molecular formula is C33H39N3O7. The van der Waals surface area contributed by atoms with E-state index < -0.39 is 58.0 Å². The molecule has 1 unspecified atom stereocenters. The molecule has 1 aromatic rings. The zero-order chi connectivity index (χ0) is 31.5. The van der Waals surface area contributed by atoms with E-state index in [0.29, 0.717) is 24.1 Å². The number of carbonyl (C=O) groups excluding carboxylic acids is 3. The van der Waals surface area contributed by atoms with Crippen LogP contribution in [-0.4, -0.2) is 81.3 Å². The van der Waals surface area contributed by atoms with Crippen molar-refractivity contribution in [3.8, 4) is 5.75 Å². The maximum atomic E-state index is 14.2. The topological polar surface area (TPSA) is 174 Å². The molecule has 4 aliphatic rings. The molecule has 1 aromatic carbocycles. The third-order valence-electron chi connectivity index (χ3n) is 9.49. The van der Waals surface area contributed by atoms with Crippen molar-refractivity contribution in [1.82, 2.24) is 4.90 Å². The molecule has 1 saturated carbocycles. The standard InChI is InChI=1S/C33H39N3O7/c1-6-15(2)9-16(3)10-19-12-20(17-7-8-35-14-17)21-11-18-13-22-26(36(4)5)29(39)25(32(34)42)31(41)33(22,43)30(40)23(18)28(38)24(21)27(19)37/h6-7,12,14,16,18,22,26,37-38,41,43H,8-11,13H2,1-5H3,(H2,34,42)/b15-6+/t16?,18-,22-,26-,33-/m0/s1. The van der Waals surface area contributed by atoms with E-state index in [9.17, 15) is 34.8 Å². The molecule has 5 atom stereocenters. The highest BCUT2D eigenvalue weighted by Gasteiger charge is 2.64. The van der Waals surface area contributed by atoms with Crippen LogP contribution in [0, 0.1) is 17.8 Å². The molecule has 1 aliphatic heterocycles. The predicted octanol–water partition coefficient (Wildman–Crippen LogP) is 2.97. The van der Waals surface area contributed by atoms with Crippen LogP contribution in [0.2, 0.25) is 0 Å². The maximum absolute atomic E-state index is 14.2. The SMILES string of the molecule is C/C=C(\C)CC(C)Cc1cc(C2=CCN=C2)c2c(c1O)C(O)=C1C(=O)[C@]3(O)C(O)=C(C(N)=O)C(=O)[C@@H](N(C)C)[C@@H]3C[C@@H]1C2. The van der Waals surface area contributed by atoms with Crippen molar-refractivity contribution >= 4 is 35.0 Å². The molecular weight excluding hydrogens is 550 g/mol. The van der Waals surface area contributed by atoms with Crippen LogP contribution in [-0.2, 0) is 27.2 Å². The summed E-state index contributed by atoms with van der Waals surface area (Å²) in [5.74, 6) is -6.36. The number of ketones is 2. The van der Waals surface area contributed by atoms with Gasteiger partial charge in [-0.25, -0.2) is 0 Å². The fourth-order valence-corrected chi connectivity index (χ4v) is 7.43. The highest BCUT2D eigenvalue weighted by molar-refractivity contribution is 6.24. The summed E-state index contributed by atoms with van der Waals surface area (Å²) in [6.45, 7) is 6.60. The summed E-state index contributed by atoms with van der Waals surface area (Å²) in [4.78, 5) is 45.6. The first-order chi connectivity index (χ1) is 20.2. The number of amides is 1. The number of nitrogens with zero attached hydrogens (tertiary/aromatic N) is 2. The summed E-state index contributed by atoms with van der Waals surface area (Å²) in [7, 11) is 3.16. The number of hydrogen-bond acceptors (Lipinski definition) is 9. The zero-order valence-corrected chi connectivity index (χ0v) is 25.1. The number of nitrogens with two attached hydrogens (primary N) is 1. The van der Waals surface area contributed by atoms with Crippen molar-refractivity contribution in [2.45, 2.75) is 58.1 Å². The van der Waals surface area contributed by atoms with Crippen molar-refractivity contribution in [1.29, 1.82) is 0 Å². The smallest absolute Gasteiger partial charge is 0.255 e. The van der Waals surface area contributed by atoms with Crippen molar-refractivity contribution in [2.24, 2.45) is 28.5 Å². The number of primary amides is 1. The molecule has 6 N–H and O–H groups in total. The fraction of sp³-hybridized carbons (Fsp3) is 0.455. The van der Waals surface area contributed by atoms with Gasteiger partial charge in [0.2, 0.25) is 5.78 Å². The molecule has 10 nitrogen and oxygen atoms in total. The average molecular weight is 590 g/mol. The Hall–Kier alpha value is -4.02. The van der Waals surface area contributed by atoms with Gasteiger partial charge in [-0.1, -0.05) is 24.6 Å². The van der Waals surface area contributed by atoms with E-state index in [-0.39, 0.29) is 35.6 Å². The molecule has 1 heterocycles. The Morgan fingerprint density at radius 2 is 1.95 bits per heavy atom. The summed E-state index contributed by atoms with van der Waals surface area (Å²) in [5, 5.41) is 46.3. The number of aliphatic imine (C=N–C) groups is 1. The molecule has 10 heteroatoms. The lowest BCUT2D eigenvalue weighted by molar-refractivity contribution is -0.153. The van der Waals surface area contributed by atoms with Crippen LogP contribution in [0.5, 0.6) is 5.75 Å². The van der Waals surface area contributed by atoms with E-state index in [1.807, 2.05) is 32.1 Å². The Kier molecular flexibility index (Phi) is 7.73. The van der Waals surface area contributed by atoms with Gasteiger partial charge < -0.3 is 26.2 Å². The third kappa shape index (κ3) is 4.64. The number of benzene rings is 1. The van der Waals surface area contributed by atoms with Gasteiger partial charge in [-0.15, -0.1) is 0 Å². The minimum Gasteiger partial charge on any atom is -0.508 e. The van der Waals surface area contributed by atoms with Gasteiger partial charge in [0.25, 0.3) is 5.91 Å². The zero-order valence-electron chi connectivity index (χ0n) is 25.1. The number of aliphatic hydroxyl groups excluding tert-OH is 2. The van der Waals surface area contributed by atoms with Gasteiger partial charge >= 0.3 is 0 Å². The van der Waals surface area contributed by atoms with Gasteiger partial charge in [-0.3, -0.25) is 24.3 Å². The Morgan fingerprint density at radius 3 is 2.53 bits per heavy atom. The minimum absolute atomic E-state index is 0.0422. The third-order valence-corrected chi connectivity index (χ3v) is 9.49. The van der Waals surface area contributed by atoms with E-state index in [1.165, 1.54) is 10.5 Å². The molecule has 0 radical (unpaired) electrons. The van der Waals surface area contributed by atoms with Gasteiger partial charge in [0, 0.05) is 17.7 Å². The summed E-state index contributed by atoms with van der Waals surface area (Å²) >= 11 is 0. The van der Waals surface area contributed by atoms with Crippen LogP contribution in [0.4, 0.5) is 0 Å². The predicted molar refractivity (Wildman–Crippen MR) is 162 cm³/mol. The van der Waals surface area contributed by atoms with Crippen molar-refractivity contribution in [2.75, 3.05) is 20.6 Å². The number of aromatic hydroxyl groups is 1. The summed E-state index contributed by atoms with van der Waals surface area (Å²) in [6.07, 6.45) is 7.35. The van der Waals surface area contributed by atoms with Crippen LogP contribution >= 0.6 is 0 Å². The van der Waals surface area contributed by atoms with Gasteiger partial charge in [0.1, 0.15) is 22.8 Å². The second-order valence-corrected chi connectivity index (χ2v) is 12.5. The number of carbonyl (C=O) groups is 3. The highest BCUT2D eigenvalue weighted by Crippen LogP contribution is 2.54. The number of aliphatic hydroxyl groups is 3. The lowest BCUT2D eigenvalue weighted by Gasteiger charge is -2.50. The first kappa shape index (κ1) is 30.4. The molecule has 1 fully saturated rings. The summed E-state index contributed by atoms with van der Waals surface area (Å²) in [6, 6.07) is 0.804. The molecule has 1 amide bonds. The average Bonchev–Trinajstić information content (AvgIpc) is 3.46. The number of fused-ring (bicyclic) bond motifs is 3. The van der Waals surface area contributed by atoms with Crippen molar-refractivity contribution in [3.05, 3.63) is 63.0 Å². The Balaban J connectivity index is 1.71. The van der Waals surface area contributed by atoms with E-state index in [0.717, 1.165) is 17.6 Å². The second-order valence-electron chi connectivity index (χ2n) is 12.5. The fourth-order valence-electron chi connectivity index (χ4n) is 7.43. The van der Waals surface area contributed by atoms with Crippen LogP contribution in [0.15, 0.2) is 45.7 Å². The van der Waals surface area contributed by atoms with Crippen LogP contribution in [0.25, 0.3) is 11.3 Å². The molecule has 0 aromatic heterocycles. The van der Waals surface area contributed by atoms with E-state index in [4.69, 9.17) is 5.73 Å². The van der Waals surface area contributed by atoms with E-state index >= 15 is 0 Å².